The summed E-state index contributed by atoms with van der Waals surface area (Å²) in [5, 5.41) is 5.14. The van der Waals surface area contributed by atoms with Crippen molar-refractivity contribution in [3.63, 3.8) is 0 Å². The number of aryl methyl sites for hydroxylation is 2. The molecule has 1 atom stereocenters. The number of nitrogens with zero attached hydrogens (tertiary/aromatic N) is 1. The number of hydrogen-bond donors (Lipinski definition) is 2. The van der Waals surface area contributed by atoms with Crippen LogP contribution in [-0.4, -0.2) is 23.5 Å². The van der Waals surface area contributed by atoms with Crippen molar-refractivity contribution < 1.29 is 13.6 Å². The van der Waals surface area contributed by atoms with Gasteiger partial charge in [0, 0.05) is 24.6 Å². The molecular formula is C15H19F2N3O. The van der Waals surface area contributed by atoms with Crippen molar-refractivity contribution in [1.82, 2.24) is 10.3 Å². The highest BCUT2D eigenvalue weighted by atomic mass is 19.3. The minimum absolute atomic E-state index is 0.00374. The number of alkyl halides is 2. The van der Waals surface area contributed by atoms with Gasteiger partial charge in [-0.05, 0) is 43.7 Å². The first-order valence-corrected chi connectivity index (χ1v) is 7.46. The summed E-state index contributed by atoms with van der Waals surface area (Å²) < 4.78 is 26.9. The fourth-order valence-electron chi connectivity index (χ4n) is 3.12. The number of nitrogens with one attached hydrogen (secondary N) is 2. The largest absolute Gasteiger partial charge is 0.337 e. The van der Waals surface area contributed by atoms with Gasteiger partial charge >= 0.3 is 6.03 Å². The van der Waals surface area contributed by atoms with E-state index in [1.807, 2.05) is 6.07 Å². The Kier molecular flexibility index (Phi) is 3.78. The predicted octanol–water partition coefficient (Wildman–Crippen LogP) is 3.13. The molecule has 1 aromatic heterocycles. The molecule has 0 saturated heterocycles. The van der Waals surface area contributed by atoms with Gasteiger partial charge in [0.25, 0.3) is 5.92 Å². The van der Waals surface area contributed by atoms with Crippen LogP contribution < -0.4 is 10.6 Å². The van der Waals surface area contributed by atoms with Gasteiger partial charge in [-0.25, -0.2) is 18.6 Å². The average molecular weight is 295 g/mol. The molecule has 0 spiro atoms. The maximum Gasteiger partial charge on any atom is 0.320 e. The zero-order valence-electron chi connectivity index (χ0n) is 11.8. The molecule has 21 heavy (non-hydrogen) atoms. The Morgan fingerprint density at radius 2 is 2.19 bits per heavy atom. The highest BCUT2D eigenvalue weighted by Crippen LogP contribution is 2.39. The Hall–Kier alpha value is -1.72. The lowest BCUT2D eigenvalue weighted by Gasteiger charge is -2.19. The van der Waals surface area contributed by atoms with Crippen molar-refractivity contribution in [3.05, 3.63) is 23.4 Å². The third kappa shape index (κ3) is 3.14. The van der Waals surface area contributed by atoms with Crippen molar-refractivity contribution in [2.24, 2.45) is 5.92 Å². The summed E-state index contributed by atoms with van der Waals surface area (Å²) in [6, 6.07) is 3.26. The van der Waals surface area contributed by atoms with Crippen molar-refractivity contribution in [2.45, 2.75) is 44.4 Å². The molecule has 1 fully saturated rings. The Balaban J connectivity index is 1.52. The van der Waals surface area contributed by atoms with E-state index in [2.05, 4.69) is 15.6 Å². The second-order valence-electron chi connectivity index (χ2n) is 5.84. The van der Waals surface area contributed by atoms with E-state index in [9.17, 15) is 13.6 Å². The molecule has 4 nitrogen and oxygen atoms in total. The lowest BCUT2D eigenvalue weighted by molar-refractivity contribution is -0.0348. The summed E-state index contributed by atoms with van der Waals surface area (Å²) in [4.78, 5) is 16.2. The molecule has 2 amide bonds. The van der Waals surface area contributed by atoms with Crippen LogP contribution in [0.1, 0.15) is 36.9 Å². The number of anilines is 1. The molecule has 6 heteroatoms. The first kappa shape index (κ1) is 14.2. The summed E-state index contributed by atoms with van der Waals surface area (Å²) in [5.41, 5.74) is 2.25. The molecule has 0 unspecified atom stereocenters. The smallest absolute Gasteiger partial charge is 0.320 e. The van der Waals surface area contributed by atoms with Crippen molar-refractivity contribution in [1.29, 1.82) is 0 Å². The Morgan fingerprint density at radius 1 is 1.33 bits per heavy atom. The monoisotopic (exact) mass is 295 g/mol. The van der Waals surface area contributed by atoms with Crippen LogP contribution in [0.5, 0.6) is 0 Å². The summed E-state index contributed by atoms with van der Waals surface area (Å²) in [5.74, 6) is -2.93. The second kappa shape index (κ2) is 5.58. The maximum absolute atomic E-state index is 13.5. The van der Waals surface area contributed by atoms with Crippen molar-refractivity contribution >= 4 is 11.8 Å². The SMILES string of the molecule is O=C(NC[C@H]1CCCC1(F)F)Nc1ccc2c(n1)CCC2. The van der Waals surface area contributed by atoms with E-state index in [0.29, 0.717) is 18.7 Å². The first-order valence-electron chi connectivity index (χ1n) is 7.46. The topological polar surface area (TPSA) is 54.0 Å². The van der Waals surface area contributed by atoms with E-state index in [1.165, 1.54) is 5.56 Å². The third-order valence-corrected chi connectivity index (χ3v) is 4.34. The van der Waals surface area contributed by atoms with E-state index in [-0.39, 0.29) is 13.0 Å². The highest BCUT2D eigenvalue weighted by molar-refractivity contribution is 5.88. The number of urea groups is 1. The number of fused-ring (bicyclic) bond motifs is 1. The van der Waals surface area contributed by atoms with E-state index < -0.39 is 17.9 Å². The minimum Gasteiger partial charge on any atom is -0.337 e. The molecule has 2 N–H and O–H groups in total. The number of carbonyl (C=O) groups excluding carboxylic acids is 1. The van der Waals surface area contributed by atoms with Gasteiger partial charge in [-0.3, -0.25) is 5.32 Å². The van der Waals surface area contributed by atoms with E-state index in [4.69, 9.17) is 0 Å². The van der Waals surface area contributed by atoms with Crippen LogP contribution in [0.4, 0.5) is 19.4 Å². The third-order valence-electron chi connectivity index (χ3n) is 4.34. The van der Waals surface area contributed by atoms with Crippen LogP contribution in [-0.2, 0) is 12.8 Å². The molecule has 2 aliphatic rings. The summed E-state index contributed by atoms with van der Waals surface area (Å²) in [6.45, 7) is 0.00374. The number of amides is 2. The molecule has 1 saturated carbocycles. The molecule has 3 rings (SSSR count). The van der Waals surface area contributed by atoms with Crippen LogP contribution in [0.2, 0.25) is 0 Å². The lowest BCUT2D eigenvalue weighted by atomic mass is 10.1. The normalized spacial score (nSPS) is 22.9. The van der Waals surface area contributed by atoms with Crippen LogP contribution in [0.15, 0.2) is 12.1 Å². The zero-order chi connectivity index (χ0) is 14.9. The Labute approximate surface area is 122 Å². The first-order chi connectivity index (χ1) is 10.0. The zero-order valence-corrected chi connectivity index (χ0v) is 11.8. The standard InChI is InChI=1S/C15H19F2N3O/c16-15(17)8-2-4-11(15)9-18-14(21)20-13-7-6-10-3-1-5-12(10)19-13/h6-7,11H,1-5,8-9H2,(H2,18,19,20,21)/t11-/m1/s1. The number of carbonyl (C=O) groups is 1. The van der Waals surface area contributed by atoms with Crippen molar-refractivity contribution in [2.75, 3.05) is 11.9 Å². The van der Waals surface area contributed by atoms with Gasteiger partial charge in [0.15, 0.2) is 0 Å². The van der Waals surface area contributed by atoms with E-state index in [0.717, 1.165) is 25.0 Å². The molecule has 0 aromatic carbocycles. The number of halogens is 2. The molecule has 0 bridgehead atoms. The van der Waals surface area contributed by atoms with Gasteiger partial charge in [-0.1, -0.05) is 6.07 Å². The van der Waals surface area contributed by atoms with Gasteiger partial charge in [-0.15, -0.1) is 0 Å². The van der Waals surface area contributed by atoms with Crippen LogP contribution >= 0.6 is 0 Å². The summed E-state index contributed by atoms with van der Waals surface area (Å²) >= 11 is 0. The lowest BCUT2D eigenvalue weighted by Crippen LogP contribution is -2.37. The maximum atomic E-state index is 13.5. The predicted molar refractivity (Wildman–Crippen MR) is 75.6 cm³/mol. The molecule has 114 valence electrons. The van der Waals surface area contributed by atoms with Gasteiger partial charge in [-0.2, -0.15) is 0 Å². The van der Waals surface area contributed by atoms with Gasteiger partial charge in [0.2, 0.25) is 0 Å². The van der Waals surface area contributed by atoms with Gasteiger partial charge in [0.1, 0.15) is 5.82 Å². The van der Waals surface area contributed by atoms with Crippen LogP contribution in [0, 0.1) is 5.92 Å². The quantitative estimate of drug-likeness (QED) is 0.900. The molecule has 1 aromatic rings. The molecule has 2 aliphatic carbocycles. The highest BCUT2D eigenvalue weighted by Gasteiger charge is 2.43. The second-order valence-corrected chi connectivity index (χ2v) is 5.84. The Morgan fingerprint density at radius 3 is 2.95 bits per heavy atom. The fraction of sp³-hybridized carbons (Fsp3) is 0.600. The number of hydrogen-bond acceptors (Lipinski definition) is 2. The van der Waals surface area contributed by atoms with E-state index >= 15 is 0 Å². The van der Waals surface area contributed by atoms with E-state index in [1.54, 1.807) is 6.07 Å². The molecular weight excluding hydrogens is 276 g/mol. The molecule has 1 heterocycles. The van der Waals surface area contributed by atoms with Crippen LogP contribution in [0.25, 0.3) is 0 Å². The number of pyridine rings is 1. The summed E-state index contributed by atoms with van der Waals surface area (Å²) in [6.07, 6.45) is 3.96. The minimum atomic E-state index is -2.65. The summed E-state index contributed by atoms with van der Waals surface area (Å²) in [7, 11) is 0. The van der Waals surface area contributed by atoms with Gasteiger partial charge < -0.3 is 5.32 Å². The van der Waals surface area contributed by atoms with Gasteiger partial charge in [0.05, 0.1) is 0 Å². The van der Waals surface area contributed by atoms with Crippen LogP contribution in [0.3, 0.4) is 0 Å². The number of aromatic nitrogens is 1. The molecule has 0 radical (unpaired) electrons. The average Bonchev–Trinajstić information content (AvgIpc) is 3.01. The fourth-order valence-corrected chi connectivity index (χ4v) is 3.12. The van der Waals surface area contributed by atoms with Crippen molar-refractivity contribution in [3.8, 4) is 0 Å². The molecule has 0 aliphatic heterocycles. The number of rotatable bonds is 3. The Bertz CT molecular complexity index is 548.